The van der Waals surface area contributed by atoms with Crippen LogP contribution < -0.4 is 20.1 Å². The normalized spacial score (nSPS) is 16.9. The number of amides is 1. The summed E-state index contributed by atoms with van der Waals surface area (Å²) in [4.78, 5) is 12.2. The lowest BCUT2D eigenvalue weighted by molar-refractivity contribution is -0.122. The summed E-state index contributed by atoms with van der Waals surface area (Å²) >= 11 is 0. The van der Waals surface area contributed by atoms with E-state index in [9.17, 15) is 9.90 Å². The number of hydrogen-bond acceptors (Lipinski definition) is 5. The van der Waals surface area contributed by atoms with Crippen LogP contribution in [0, 0.1) is 11.8 Å². The molecule has 26 heavy (non-hydrogen) atoms. The van der Waals surface area contributed by atoms with E-state index in [1.54, 1.807) is 32.4 Å². The molecule has 0 aliphatic carbocycles. The van der Waals surface area contributed by atoms with Crippen molar-refractivity contribution < 1.29 is 19.4 Å². The Morgan fingerprint density at radius 3 is 2.35 bits per heavy atom. The molecule has 148 valence electrons. The molecule has 1 aromatic carbocycles. The van der Waals surface area contributed by atoms with E-state index in [0.29, 0.717) is 35.3 Å². The van der Waals surface area contributed by atoms with Gasteiger partial charge in [-0.15, -0.1) is 12.4 Å². The number of carbonyl (C=O) groups excluding carboxylic acids is 1. The molecule has 0 saturated carbocycles. The van der Waals surface area contributed by atoms with Crippen molar-refractivity contribution in [2.75, 3.05) is 33.9 Å². The van der Waals surface area contributed by atoms with Gasteiger partial charge in [0, 0.05) is 19.0 Å². The fourth-order valence-electron chi connectivity index (χ4n) is 3.29. The van der Waals surface area contributed by atoms with Gasteiger partial charge >= 0.3 is 0 Å². The molecule has 0 spiro atoms. The summed E-state index contributed by atoms with van der Waals surface area (Å²) in [5.74, 6) is 2.16. The Bertz CT molecular complexity index is 542. The number of nitrogens with one attached hydrogen (secondary N) is 2. The number of benzene rings is 1. The Balaban J connectivity index is 0.00000338. The minimum absolute atomic E-state index is 0. The molecule has 0 bridgehead atoms. The van der Waals surface area contributed by atoms with E-state index in [0.717, 1.165) is 25.9 Å². The fraction of sp³-hybridized carbons (Fsp3) is 0.632. The minimum atomic E-state index is -0.804. The van der Waals surface area contributed by atoms with E-state index in [1.165, 1.54) is 0 Å². The summed E-state index contributed by atoms with van der Waals surface area (Å²) in [6, 6.07) is 5.24. The first kappa shape index (κ1) is 22.5. The number of halogens is 1. The number of carbonyl (C=O) groups is 1. The zero-order valence-electron chi connectivity index (χ0n) is 15.8. The van der Waals surface area contributed by atoms with E-state index in [1.807, 2.05) is 0 Å². The maximum Gasteiger partial charge on any atom is 0.220 e. The second kappa shape index (κ2) is 11.3. The number of rotatable bonds is 8. The second-order valence-electron chi connectivity index (χ2n) is 6.73. The highest BCUT2D eigenvalue weighted by molar-refractivity contribution is 5.85. The molecular weight excluding hydrogens is 356 g/mol. The lowest BCUT2D eigenvalue weighted by Crippen LogP contribution is -2.34. The van der Waals surface area contributed by atoms with Crippen LogP contribution in [0.4, 0.5) is 0 Å². The first-order valence-electron chi connectivity index (χ1n) is 8.92. The van der Waals surface area contributed by atoms with Crippen molar-refractivity contribution in [3.63, 3.8) is 0 Å². The Morgan fingerprint density at radius 1 is 1.23 bits per heavy atom. The molecule has 1 aromatic rings. The maximum absolute atomic E-state index is 12.2. The predicted molar refractivity (Wildman–Crippen MR) is 104 cm³/mol. The number of hydrogen-bond donors (Lipinski definition) is 3. The SMILES string of the molecule is COc1cc(OC)cc(C(O)CNC(=O)CC(C)C2CCNCC2)c1.Cl. The summed E-state index contributed by atoms with van der Waals surface area (Å²) in [7, 11) is 3.13. The molecule has 7 heteroatoms. The van der Waals surface area contributed by atoms with Crippen molar-refractivity contribution in [3.05, 3.63) is 23.8 Å². The number of ether oxygens (including phenoxy) is 2. The third-order valence-electron chi connectivity index (χ3n) is 4.95. The van der Waals surface area contributed by atoms with Crippen molar-refractivity contribution in [3.8, 4) is 11.5 Å². The van der Waals surface area contributed by atoms with Crippen LogP contribution in [0.1, 0.15) is 37.9 Å². The Morgan fingerprint density at radius 2 is 1.81 bits per heavy atom. The van der Waals surface area contributed by atoms with Crippen molar-refractivity contribution in [2.45, 2.75) is 32.3 Å². The number of aliphatic hydroxyl groups excluding tert-OH is 1. The van der Waals surface area contributed by atoms with Gasteiger partial charge in [-0.1, -0.05) is 6.92 Å². The number of piperidine rings is 1. The van der Waals surface area contributed by atoms with Crippen LogP contribution in [-0.4, -0.2) is 44.9 Å². The average Bonchev–Trinajstić information content (AvgIpc) is 2.66. The van der Waals surface area contributed by atoms with Crippen LogP contribution in [-0.2, 0) is 4.79 Å². The van der Waals surface area contributed by atoms with Crippen molar-refractivity contribution >= 4 is 18.3 Å². The molecule has 2 rings (SSSR count). The van der Waals surface area contributed by atoms with Gasteiger partial charge in [0.15, 0.2) is 0 Å². The largest absolute Gasteiger partial charge is 0.497 e. The van der Waals surface area contributed by atoms with Gasteiger partial charge in [0.1, 0.15) is 11.5 Å². The van der Waals surface area contributed by atoms with Gasteiger partial charge in [0.2, 0.25) is 5.91 Å². The van der Waals surface area contributed by atoms with Crippen LogP contribution in [0.3, 0.4) is 0 Å². The topological polar surface area (TPSA) is 79.8 Å². The predicted octanol–water partition coefficient (Wildman–Crippen LogP) is 2.30. The molecular formula is C19H31ClN2O4. The van der Waals surface area contributed by atoms with E-state index in [2.05, 4.69) is 17.6 Å². The third kappa shape index (κ3) is 6.67. The van der Waals surface area contributed by atoms with E-state index in [4.69, 9.17) is 9.47 Å². The first-order valence-corrected chi connectivity index (χ1v) is 8.92. The number of aliphatic hydroxyl groups is 1. The molecule has 1 amide bonds. The maximum atomic E-state index is 12.2. The molecule has 2 unspecified atom stereocenters. The zero-order valence-corrected chi connectivity index (χ0v) is 16.6. The molecule has 0 radical (unpaired) electrons. The molecule has 1 fully saturated rings. The molecule has 1 aliphatic rings. The van der Waals surface area contributed by atoms with Crippen LogP contribution in [0.2, 0.25) is 0 Å². The molecule has 3 N–H and O–H groups in total. The minimum Gasteiger partial charge on any atom is -0.497 e. The van der Waals surface area contributed by atoms with E-state index in [-0.39, 0.29) is 24.9 Å². The molecule has 1 heterocycles. The average molecular weight is 387 g/mol. The highest BCUT2D eigenvalue weighted by Crippen LogP contribution is 2.27. The summed E-state index contributed by atoms with van der Waals surface area (Å²) in [6.45, 7) is 4.38. The van der Waals surface area contributed by atoms with E-state index >= 15 is 0 Å². The summed E-state index contributed by atoms with van der Waals surface area (Å²) < 4.78 is 10.4. The highest BCUT2D eigenvalue weighted by atomic mass is 35.5. The fourth-order valence-corrected chi connectivity index (χ4v) is 3.29. The summed E-state index contributed by atoms with van der Waals surface area (Å²) in [5, 5.41) is 16.5. The summed E-state index contributed by atoms with van der Waals surface area (Å²) in [5.41, 5.74) is 0.655. The first-order chi connectivity index (χ1) is 12.0. The van der Waals surface area contributed by atoms with Gasteiger partial charge in [-0.25, -0.2) is 0 Å². The van der Waals surface area contributed by atoms with Crippen LogP contribution in [0.5, 0.6) is 11.5 Å². The third-order valence-corrected chi connectivity index (χ3v) is 4.95. The summed E-state index contributed by atoms with van der Waals surface area (Å²) in [6.07, 6.45) is 1.95. The molecule has 1 aliphatic heterocycles. The Labute approximate surface area is 162 Å². The van der Waals surface area contributed by atoms with Gasteiger partial charge < -0.3 is 25.2 Å². The lowest BCUT2D eigenvalue weighted by Gasteiger charge is -2.28. The smallest absolute Gasteiger partial charge is 0.220 e. The van der Waals surface area contributed by atoms with Gasteiger partial charge in [-0.2, -0.15) is 0 Å². The van der Waals surface area contributed by atoms with Crippen LogP contribution in [0.15, 0.2) is 18.2 Å². The van der Waals surface area contributed by atoms with Crippen molar-refractivity contribution in [2.24, 2.45) is 11.8 Å². The highest BCUT2D eigenvalue weighted by Gasteiger charge is 2.22. The Hall–Kier alpha value is -1.50. The van der Waals surface area contributed by atoms with Crippen molar-refractivity contribution in [1.82, 2.24) is 10.6 Å². The Kier molecular flexibility index (Phi) is 9.76. The van der Waals surface area contributed by atoms with Gasteiger partial charge in [-0.05, 0) is 55.5 Å². The quantitative estimate of drug-likeness (QED) is 0.638. The van der Waals surface area contributed by atoms with Crippen LogP contribution >= 0.6 is 12.4 Å². The van der Waals surface area contributed by atoms with Crippen LogP contribution in [0.25, 0.3) is 0 Å². The van der Waals surface area contributed by atoms with E-state index < -0.39 is 6.10 Å². The second-order valence-corrected chi connectivity index (χ2v) is 6.73. The molecule has 1 saturated heterocycles. The van der Waals surface area contributed by atoms with Gasteiger partial charge in [0.05, 0.1) is 20.3 Å². The monoisotopic (exact) mass is 386 g/mol. The molecule has 0 aromatic heterocycles. The zero-order chi connectivity index (χ0) is 18.2. The lowest BCUT2D eigenvalue weighted by atomic mass is 9.84. The van der Waals surface area contributed by atoms with Gasteiger partial charge in [-0.3, -0.25) is 4.79 Å². The van der Waals surface area contributed by atoms with Gasteiger partial charge in [0.25, 0.3) is 0 Å². The standard InChI is InChI=1S/C19H30N2O4.ClH/c1-13(14-4-6-20-7-5-14)8-19(23)21-12-18(22)15-9-16(24-2)11-17(10-15)25-3;/h9-11,13-14,18,20,22H,4-8,12H2,1-3H3,(H,21,23);1H. The van der Waals surface area contributed by atoms with Crippen molar-refractivity contribution in [1.29, 1.82) is 0 Å². The number of methoxy groups -OCH3 is 2. The molecule has 2 atom stereocenters. The molecule has 6 nitrogen and oxygen atoms in total.